The lowest BCUT2D eigenvalue weighted by Crippen LogP contribution is -2.38. The third-order valence-electron chi connectivity index (χ3n) is 5.16. The minimum absolute atomic E-state index is 0.131. The van der Waals surface area contributed by atoms with Crippen molar-refractivity contribution in [3.05, 3.63) is 42.1 Å². The smallest absolute Gasteiger partial charge is 0.226 e. The Morgan fingerprint density at radius 1 is 1.22 bits per heavy atom. The maximum absolute atomic E-state index is 12.7. The summed E-state index contributed by atoms with van der Waals surface area (Å²) in [6.45, 7) is 2.84. The summed E-state index contributed by atoms with van der Waals surface area (Å²) in [5.74, 6) is 2.39. The van der Waals surface area contributed by atoms with Gasteiger partial charge < -0.3 is 4.90 Å². The second-order valence-corrected chi connectivity index (χ2v) is 6.58. The second-order valence-electron chi connectivity index (χ2n) is 6.58. The van der Waals surface area contributed by atoms with Crippen molar-refractivity contribution in [1.29, 1.82) is 0 Å². The Kier molecular flexibility index (Phi) is 3.63. The van der Waals surface area contributed by atoms with Gasteiger partial charge in [-0.05, 0) is 44.7 Å². The third kappa shape index (κ3) is 2.54. The van der Waals surface area contributed by atoms with Gasteiger partial charge in [-0.1, -0.05) is 12.5 Å². The number of hydrogen-bond donors (Lipinski definition) is 0. The van der Waals surface area contributed by atoms with Crippen LogP contribution in [-0.2, 0) is 4.79 Å². The van der Waals surface area contributed by atoms with Gasteiger partial charge in [0.1, 0.15) is 11.6 Å². The second kappa shape index (κ2) is 5.80. The minimum Gasteiger partial charge on any atom is -0.334 e. The Balaban J connectivity index is 1.62. The highest BCUT2D eigenvalue weighted by Crippen LogP contribution is 2.36. The number of carbonyl (C=O) groups excluding carboxylic acids is 1. The molecule has 120 valence electrons. The van der Waals surface area contributed by atoms with Gasteiger partial charge in [-0.15, -0.1) is 0 Å². The molecule has 0 spiro atoms. The van der Waals surface area contributed by atoms with E-state index in [1.807, 2.05) is 35.9 Å². The Hall–Kier alpha value is -2.17. The lowest BCUT2D eigenvalue weighted by molar-refractivity contribution is -0.139. The minimum atomic E-state index is 0.131. The molecule has 1 atom stereocenters. The van der Waals surface area contributed by atoms with Crippen molar-refractivity contribution in [2.24, 2.45) is 5.92 Å². The predicted molar refractivity (Wildman–Crippen MR) is 87.1 cm³/mol. The Morgan fingerprint density at radius 3 is 2.78 bits per heavy atom. The van der Waals surface area contributed by atoms with E-state index >= 15 is 0 Å². The van der Waals surface area contributed by atoms with Gasteiger partial charge in [0.15, 0.2) is 0 Å². The zero-order valence-corrected chi connectivity index (χ0v) is 13.5. The van der Waals surface area contributed by atoms with E-state index in [-0.39, 0.29) is 12.0 Å². The predicted octanol–water partition coefficient (Wildman–Crippen LogP) is 3.04. The molecule has 0 radical (unpaired) electrons. The number of carbonyl (C=O) groups is 1. The van der Waals surface area contributed by atoms with Crippen molar-refractivity contribution in [2.45, 2.75) is 45.1 Å². The lowest BCUT2D eigenvalue weighted by atomic mass is 9.84. The van der Waals surface area contributed by atoms with Crippen LogP contribution in [0.2, 0.25) is 0 Å². The van der Waals surface area contributed by atoms with Crippen LogP contribution in [0.15, 0.2) is 30.6 Å². The van der Waals surface area contributed by atoms with E-state index in [2.05, 4.69) is 9.88 Å². The number of imidazole rings is 1. The van der Waals surface area contributed by atoms with E-state index in [1.165, 1.54) is 6.42 Å². The van der Waals surface area contributed by atoms with Gasteiger partial charge in [0.25, 0.3) is 0 Å². The highest BCUT2D eigenvalue weighted by molar-refractivity contribution is 5.80. The first-order chi connectivity index (χ1) is 11.2. The molecular formula is C18H22N4O. The molecule has 1 saturated carbocycles. The van der Waals surface area contributed by atoms with E-state index in [0.29, 0.717) is 5.91 Å². The number of amides is 1. The highest BCUT2D eigenvalue weighted by atomic mass is 16.2. The molecule has 0 unspecified atom stereocenters. The first-order valence-corrected chi connectivity index (χ1v) is 8.52. The quantitative estimate of drug-likeness (QED) is 0.875. The van der Waals surface area contributed by atoms with Crippen LogP contribution in [0.25, 0.3) is 5.82 Å². The maximum Gasteiger partial charge on any atom is 0.226 e. The van der Waals surface area contributed by atoms with Gasteiger partial charge in [0, 0.05) is 24.9 Å². The van der Waals surface area contributed by atoms with E-state index in [4.69, 9.17) is 4.98 Å². The van der Waals surface area contributed by atoms with Gasteiger partial charge in [-0.25, -0.2) is 9.97 Å². The van der Waals surface area contributed by atoms with Gasteiger partial charge in [-0.3, -0.25) is 9.36 Å². The van der Waals surface area contributed by atoms with Crippen molar-refractivity contribution in [3.8, 4) is 5.82 Å². The van der Waals surface area contributed by atoms with Crippen LogP contribution in [0.4, 0.5) is 0 Å². The van der Waals surface area contributed by atoms with Crippen LogP contribution in [0.1, 0.15) is 49.7 Å². The average molecular weight is 310 g/mol. The normalized spacial score (nSPS) is 21.4. The molecule has 0 N–H and O–H groups in total. The molecule has 2 aromatic rings. The molecular weight excluding hydrogens is 288 g/mol. The van der Waals surface area contributed by atoms with Crippen molar-refractivity contribution < 1.29 is 4.79 Å². The van der Waals surface area contributed by atoms with Crippen LogP contribution in [-0.4, -0.2) is 31.9 Å². The SMILES string of the molecule is Cc1nccn1-c1cccc([C@@H]2CCCN2C(=O)C2CCC2)n1. The average Bonchev–Trinajstić information content (AvgIpc) is 3.14. The van der Waals surface area contributed by atoms with Gasteiger partial charge >= 0.3 is 0 Å². The Bertz CT molecular complexity index is 719. The fraction of sp³-hybridized carbons (Fsp3) is 0.500. The number of pyridine rings is 1. The van der Waals surface area contributed by atoms with Crippen LogP contribution < -0.4 is 0 Å². The van der Waals surface area contributed by atoms with E-state index in [9.17, 15) is 4.79 Å². The molecule has 3 heterocycles. The molecule has 0 bridgehead atoms. The molecule has 1 aliphatic carbocycles. The molecule has 1 aliphatic heterocycles. The molecule has 23 heavy (non-hydrogen) atoms. The first kappa shape index (κ1) is 14.4. The number of nitrogens with zero attached hydrogens (tertiary/aromatic N) is 4. The summed E-state index contributed by atoms with van der Waals surface area (Å²) in [6, 6.07) is 6.20. The largest absolute Gasteiger partial charge is 0.334 e. The van der Waals surface area contributed by atoms with E-state index in [1.54, 1.807) is 6.20 Å². The fourth-order valence-electron chi connectivity index (χ4n) is 3.61. The van der Waals surface area contributed by atoms with Gasteiger partial charge in [-0.2, -0.15) is 0 Å². The standard InChI is InChI=1S/C18H22N4O/c1-13-19-10-12-21(13)17-9-3-7-15(20-17)16-8-4-11-22(16)18(23)14-5-2-6-14/h3,7,9-10,12,14,16H,2,4-6,8,11H2,1H3/t16-/m0/s1. The van der Waals surface area contributed by atoms with Crippen molar-refractivity contribution in [3.63, 3.8) is 0 Å². The van der Waals surface area contributed by atoms with Crippen molar-refractivity contribution in [1.82, 2.24) is 19.4 Å². The zero-order valence-electron chi connectivity index (χ0n) is 13.5. The fourth-order valence-corrected chi connectivity index (χ4v) is 3.61. The third-order valence-corrected chi connectivity index (χ3v) is 5.16. The molecule has 1 amide bonds. The lowest BCUT2D eigenvalue weighted by Gasteiger charge is -2.32. The molecule has 0 aromatic carbocycles. The molecule has 4 rings (SSSR count). The number of rotatable bonds is 3. The zero-order chi connectivity index (χ0) is 15.8. The Morgan fingerprint density at radius 2 is 2.09 bits per heavy atom. The monoisotopic (exact) mass is 310 g/mol. The molecule has 1 saturated heterocycles. The summed E-state index contributed by atoms with van der Waals surface area (Å²) >= 11 is 0. The summed E-state index contributed by atoms with van der Waals surface area (Å²) in [4.78, 5) is 23.8. The topological polar surface area (TPSA) is 51.0 Å². The molecule has 2 aromatic heterocycles. The van der Waals surface area contributed by atoms with E-state index in [0.717, 1.165) is 49.6 Å². The molecule has 5 nitrogen and oxygen atoms in total. The number of likely N-dealkylation sites (tertiary alicyclic amines) is 1. The van der Waals surface area contributed by atoms with Crippen molar-refractivity contribution >= 4 is 5.91 Å². The summed E-state index contributed by atoms with van der Waals surface area (Å²) in [5.41, 5.74) is 1.00. The van der Waals surface area contributed by atoms with Crippen LogP contribution >= 0.6 is 0 Å². The summed E-state index contributed by atoms with van der Waals surface area (Å²) in [7, 11) is 0. The van der Waals surface area contributed by atoms with E-state index < -0.39 is 0 Å². The van der Waals surface area contributed by atoms with Gasteiger partial charge in [0.2, 0.25) is 5.91 Å². The summed E-state index contributed by atoms with van der Waals surface area (Å²) in [5, 5.41) is 0. The number of aryl methyl sites for hydroxylation is 1. The highest BCUT2D eigenvalue weighted by Gasteiger charge is 2.36. The summed E-state index contributed by atoms with van der Waals surface area (Å²) in [6.07, 6.45) is 9.10. The molecule has 2 fully saturated rings. The first-order valence-electron chi connectivity index (χ1n) is 8.52. The van der Waals surface area contributed by atoms with Crippen LogP contribution in [0.5, 0.6) is 0 Å². The molecule has 2 aliphatic rings. The maximum atomic E-state index is 12.7. The van der Waals surface area contributed by atoms with Crippen molar-refractivity contribution in [2.75, 3.05) is 6.54 Å². The van der Waals surface area contributed by atoms with Crippen LogP contribution in [0, 0.1) is 12.8 Å². The van der Waals surface area contributed by atoms with Gasteiger partial charge in [0.05, 0.1) is 11.7 Å². The number of aromatic nitrogens is 3. The Labute approximate surface area is 136 Å². The number of hydrogen-bond acceptors (Lipinski definition) is 3. The molecule has 5 heteroatoms. The van der Waals surface area contributed by atoms with Crippen LogP contribution in [0.3, 0.4) is 0 Å². The summed E-state index contributed by atoms with van der Waals surface area (Å²) < 4.78 is 1.98.